The van der Waals surface area contributed by atoms with E-state index in [0.717, 1.165) is 0 Å². The molecule has 0 bridgehead atoms. The molecule has 3 rings (SSSR count). The summed E-state index contributed by atoms with van der Waals surface area (Å²) in [5.41, 5.74) is 5.55. The molecule has 3 aromatic rings. The second-order valence-electron chi connectivity index (χ2n) is 6.73. The number of hydrogen-bond acceptors (Lipinski definition) is 7. The first kappa shape index (κ1) is 24.4. The topological polar surface area (TPSA) is 142 Å². The van der Waals surface area contributed by atoms with Gasteiger partial charge in [0.25, 0.3) is 0 Å². The first-order valence-corrected chi connectivity index (χ1v) is 9.79. The van der Waals surface area contributed by atoms with E-state index in [1.807, 2.05) is 0 Å². The van der Waals surface area contributed by atoms with Crippen molar-refractivity contribution >= 4 is 11.9 Å². The molecule has 0 unspecified atom stereocenters. The molecule has 3 amide bonds. The van der Waals surface area contributed by atoms with Gasteiger partial charge in [0, 0.05) is 23.4 Å². The Morgan fingerprint density at radius 1 is 1.09 bits per heavy atom. The Bertz CT molecular complexity index is 1130. The number of urea groups is 1. The minimum Gasteiger partial charge on any atom is -0.492 e. The molecule has 0 aliphatic rings. The van der Waals surface area contributed by atoms with Crippen molar-refractivity contribution in [3.63, 3.8) is 0 Å². The molecule has 2 heterocycles. The molecular weight excluding hydrogens is 459 g/mol. The number of carbonyl (C=O) groups excluding carboxylic acids is 2. The molecule has 0 aliphatic carbocycles. The highest BCUT2D eigenvalue weighted by Crippen LogP contribution is 2.38. The van der Waals surface area contributed by atoms with Crippen LogP contribution in [-0.4, -0.2) is 48.7 Å². The molecule has 0 aliphatic heterocycles. The Kier molecular flexibility index (Phi) is 7.56. The lowest BCUT2D eigenvalue weighted by molar-refractivity contribution is -0.156. The van der Waals surface area contributed by atoms with Crippen molar-refractivity contribution in [2.24, 2.45) is 5.73 Å². The SMILES string of the molecule is COc1ccc(-c2nc(C(F)(F)F)oc2-c2ccc(OCCNC(=O)NCC(N)=O)cc2)cn1. The highest BCUT2D eigenvalue weighted by molar-refractivity contribution is 5.82. The number of aromatic nitrogens is 2. The number of nitrogens with one attached hydrogen (secondary N) is 2. The summed E-state index contributed by atoms with van der Waals surface area (Å²) in [5, 5.41) is 4.72. The standard InChI is InChI=1S/C21H20F3N5O5/c1-32-16-7-4-13(10-27-16)17-18(34-19(29-17)21(22,23)24)12-2-5-14(6-3-12)33-9-8-26-20(31)28-11-15(25)30/h2-7,10H,8-9,11H2,1H3,(H2,25,30)(H2,26,28,31). The van der Waals surface area contributed by atoms with Crippen molar-refractivity contribution in [1.29, 1.82) is 0 Å². The zero-order valence-corrected chi connectivity index (χ0v) is 17.8. The summed E-state index contributed by atoms with van der Waals surface area (Å²) in [4.78, 5) is 29.7. The monoisotopic (exact) mass is 479 g/mol. The van der Waals surface area contributed by atoms with Crippen LogP contribution in [0, 0.1) is 0 Å². The zero-order chi connectivity index (χ0) is 24.7. The number of methoxy groups -OCH3 is 1. The van der Waals surface area contributed by atoms with Gasteiger partial charge in [-0.05, 0) is 30.3 Å². The summed E-state index contributed by atoms with van der Waals surface area (Å²) in [5.74, 6) is -1.43. The third kappa shape index (κ3) is 6.37. The first-order chi connectivity index (χ1) is 16.2. The molecule has 0 spiro atoms. The lowest BCUT2D eigenvalue weighted by Gasteiger charge is -2.09. The van der Waals surface area contributed by atoms with Crippen LogP contribution < -0.4 is 25.8 Å². The van der Waals surface area contributed by atoms with E-state index in [0.29, 0.717) is 22.8 Å². The second-order valence-corrected chi connectivity index (χ2v) is 6.73. The van der Waals surface area contributed by atoms with Gasteiger partial charge in [0.05, 0.1) is 20.2 Å². The van der Waals surface area contributed by atoms with Crippen LogP contribution in [-0.2, 0) is 11.0 Å². The molecule has 4 N–H and O–H groups in total. The van der Waals surface area contributed by atoms with E-state index >= 15 is 0 Å². The smallest absolute Gasteiger partial charge is 0.468 e. The number of primary amides is 1. The largest absolute Gasteiger partial charge is 0.492 e. The number of halogens is 3. The minimum absolute atomic E-state index is 0.0256. The Labute approximate surface area is 191 Å². The lowest BCUT2D eigenvalue weighted by Crippen LogP contribution is -2.41. The van der Waals surface area contributed by atoms with Gasteiger partial charge >= 0.3 is 18.1 Å². The van der Waals surface area contributed by atoms with Crippen LogP contribution in [0.25, 0.3) is 22.6 Å². The molecule has 10 nitrogen and oxygen atoms in total. The molecule has 0 fully saturated rings. The predicted molar refractivity (Wildman–Crippen MR) is 113 cm³/mol. The van der Waals surface area contributed by atoms with Gasteiger partial charge in [-0.3, -0.25) is 4.79 Å². The van der Waals surface area contributed by atoms with Gasteiger partial charge < -0.3 is 30.3 Å². The van der Waals surface area contributed by atoms with Crippen molar-refractivity contribution < 1.29 is 36.7 Å². The van der Waals surface area contributed by atoms with Crippen molar-refractivity contribution in [3.05, 3.63) is 48.5 Å². The third-order valence-electron chi connectivity index (χ3n) is 4.28. The van der Waals surface area contributed by atoms with Gasteiger partial charge in [0.15, 0.2) is 5.76 Å². The van der Waals surface area contributed by atoms with E-state index in [1.54, 1.807) is 0 Å². The van der Waals surface area contributed by atoms with Crippen LogP contribution in [0.2, 0.25) is 0 Å². The van der Waals surface area contributed by atoms with E-state index in [9.17, 15) is 22.8 Å². The number of rotatable bonds is 9. The molecule has 180 valence electrons. The highest BCUT2D eigenvalue weighted by atomic mass is 19.4. The summed E-state index contributed by atoms with van der Waals surface area (Å²) >= 11 is 0. The molecule has 2 aromatic heterocycles. The number of ether oxygens (including phenoxy) is 2. The van der Waals surface area contributed by atoms with Crippen LogP contribution >= 0.6 is 0 Å². The number of nitrogens with two attached hydrogens (primary N) is 1. The maximum atomic E-state index is 13.2. The molecule has 0 atom stereocenters. The maximum Gasteiger partial charge on any atom is 0.468 e. The van der Waals surface area contributed by atoms with E-state index < -0.39 is 24.0 Å². The molecule has 0 saturated heterocycles. The summed E-state index contributed by atoms with van der Waals surface area (Å²) in [6, 6.07) is 8.55. The molecule has 13 heteroatoms. The van der Waals surface area contributed by atoms with Gasteiger partial charge in [-0.2, -0.15) is 13.2 Å². The first-order valence-electron chi connectivity index (χ1n) is 9.79. The van der Waals surface area contributed by atoms with Crippen molar-refractivity contribution in [1.82, 2.24) is 20.6 Å². The van der Waals surface area contributed by atoms with Crippen molar-refractivity contribution in [3.8, 4) is 34.2 Å². The van der Waals surface area contributed by atoms with Crippen LogP contribution in [0.3, 0.4) is 0 Å². The fraction of sp³-hybridized carbons (Fsp3) is 0.238. The normalized spacial score (nSPS) is 11.1. The Morgan fingerprint density at radius 2 is 1.79 bits per heavy atom. The molecule has 0 radical (unpaired) electrons. The molecule has 1 aromatic carbocycles. The van der Waals surface area contributed by atoms with Gasteiger partial charge in [0.1, 0.15) is 18.1 Å². The molecule has 34 heavy (non-hydrogen) atoms. The highest BCUT2D eigenvalue weighted by Gasteiger charge is 2.39. The summed E-state index contributed by atoms with van der Waals surface area (Å²) in [7, 11) is 1.42. The van der Waals surface area contributed by atoms with Crippen LogP contribution in [0.4, 0.5) is 18.0 Å². The summed E-state index contributed by atoms with van der Waals surface area (Å²) in [6.07, 6.45) is -3.43. The number of nitrogens with zero attached hydrogens (tertiary/aromatic N) is 2. The zero-order valence-electron chi connectivity index (χ0n) is 17.8. The van der Waals surface area contributed by atoms with Crippen LogP contribution in [0.1, 0.15) is 5.89 Å². The Balaban J connectivity index is 1.71. The molecular formula is C21H20F3N5O5. The second kappa shape index (κ2) is 10.6. The minimum atomic E-state index is -4.77. The lowest BCUT2D eigenvalue weighted by atomic mass is 10.1. The number of hydrogen-bond donors (Lipinski definition) is 3. The number of carbonyl (C=O) groups is 2. The Hall–Kier alpha value is -4.29. The summed E-state index contributed by atoms with van der Waals surface area (Å²) < 4.78 is 55.3. The van der Waals surface area contributed by atoms with E-state index in [4.69, 9.17) is 19.6 Å². The van der Waals surface area contributed by atoms with Gasteiger partial charge in [-0.25, -0.2) is 14.8 Å². The van der Waals surface area contributed by atoms with Gasteiger partial charge in [-0.1, -0.05) is 0 Å². The quantitative estimate of drug-likeness (QED) is 0.401. The van der Waals surface area contributed by atoms with Crippen molar-refractivity contribution in [2.75, 3.05) is 26.8 Å². The third-order valence-corrected chi connectivity index (χ3v) is 4.28. The fourth-order valence-electron chi connectivity index (χ4n) is 2.74. The fourth-order valence-corrected chi connectivity index (χ4v) is 2.74. The number of amides is 3. The van der Waals surface area contributed by atoms with Gasteiger partial charge in [0.2, 0.25) is 11.8 Å². The average molecular weight is 479 g/mol. The molecule has 0 saturated carbocycles. The van der Waals surface area contributed by atoms with Crippen molar-refractivity contribution in [2.45, 2.75) is 6.18 Å². The Morgan fingerprint density at radius 3 is 2.38 bits per heavy atom. The average Bonchev–Trinajstić information content (AvgIpc) is 3.27. The van der Waals surface area contributed by atoms with E-state index in [2.05, 4.69) is 20.6 Å². The predicted octanol–water partition coefficient (Wildman–Crippen LogP) is 2.59. The maximum absolute atomic E-state index is 13.2. The number of benzene rings is 1. The van der Waals surface area contributed by atoms with E-state index in [-0.39, 0.29) is 31.2 Å². The van der Waals surface area contributed by atoms with Crippen LogP contribution in [0.5, 0.6) is 11.6 Å². The number of alkyl halides is 3. The van der Waals surface area contributed by atoms with Crippen LogP contribution in [0.15, 0.2) is 47.0 Å². The number of oxazole rings is 1. The summed E-state index contributed by atoms with van der Waals surface area (Å²) in [6.45, 7) is -0.0505. The number of pyridine rings is 1. The van der Waals surface area contributed by atoms with Gasteiger partial charge in [-0.15, -0.1) is 0 Å². The van der Waals surface area contributed by atoms with E-state index in [1.165, 1.54) is 49.7 Å².